The third kappa shape index (κ3) is 4.50. The van der Waals surface area contributed by atoms with Crippen LogP contribution in [0.1, 0.15) is 19.4 Å². The first-order chi connectivity index (χ1) is 8.85. The van der Waals surface area contributed by atoms with Crippen molar-refractivity contribution in [2.24, 2.45) is 16.3 Å². The van der Waals surface area contributed by atoms with Crippen molar-refractivity contribution in [2.45, 2.75) is 20.3 Å². The standard InChI is InChI=1S/C13H19N3O3/c1-13(2,12(14)16-19)8-15-11(18)7-9-4-3-5-10(17)6-9/h3-6,17,19H,7-8H2,1-2H3,(H2,14,16)(H,15,18). The van der Waals surface area contributed by atoms with Gasteiger partial charge in [-0.3, -0.25) is 4.79 Å². The number of phenols is 1. The van der Waals surface area contributed by atoms with Gasteiger partial charge in [-0.1, -0.05) is 31.1 Å². The Morgan fingerprint density at radius 3 is 2.74 bits per heavy atom. The van der Waals surface area contributed by atoms with Gasteiger partial charge in [0.1, 0.15) is 11.6 Å². The molecule has 0 saturated heterocycles. The Kier molecular flexibility index (Phi) is 4.74. The largest absolute Gasteiger partial charge is 0.508 e. The molecule has 6 nitrogen and oxygen atoms in total. The minimum absolute atomic E-state index is 0.0603. The van der Waals surface area contributed by atoms with Crippen molar-refractivity contribution in [2.75, 3.05) is 6.54 Å². The zero-order chi connectivity index (χ0) is 14.5. The molecule has 1 aromatic carbocycles. The molecule has 6 heteroatoms. The second-order valence-corrected chi connectivity index (χ2v) is 4.99. The lowest BCUT2D eigenvalue weighted by atomic mass is 9.92. The van der Waals surface area contributed by atoms with Crippen LogP contribution in [0.25, 0.3) is 0 Å². The molecule has 0 atom stereocenters. The number of amides is 1. The van der Waals surface area contributed by atoms with E-state index in [2.05, 4.69) is 10.5 Å². The van der Waals surface area contributed by atoms with Crippen LogP contribution in [-0.2, 0) is 11.2 Å². The quantitative estimate of drug-likeness (QED) is 0.273. The highest BCUT2D eigenvalue weighted by molar-refractivity contribution is 5.86. The number of amidine groups is 1. The third-order valence-electron chi connectivity index (χ3n) is 2.80. The summed E-state index contributed by atoms with van der Waals surface area (Å²) < 4.78 is 0. The summed E-state index contributed by atoms with van der Waals surface area (Å²) >= 11 is 0. The molecule has 0 radical (unpaired) electrons. The zero-order valence-corrected chi connectivity index (χ0v) is 11.1. The number of benzene rings is 1. The average molecular weight is 265 g/mol. The number of oxime groups is 1. The van der Waals surface area contributed by atoms with Crippen LogP contribution in [0.15, 0.2) is 29.4 Å². The van der Waals surface area contributed by atoms with Crippen molar-refractivity contribution < 1.29 is 15.1 Å². The summed E-state index contributed by atoms with van der Waals surface area (Å²) in [5, 5.41) is 23.6. The molecule has 5 N–H and O–H groups in total. The van der Waals surface area contributed by atoms with E-state index in [-0.39, 0.29) is 30.5 Å². The Morgan fingerprint density at radius 2 is 2.16 bits per heavy atom. The molecule has 1 aromatic rings. The average Bonchev–Trinajstić information content (AvgIpc) is 2.35. The van der Waals surface area contributed by atoms with Crippen molar-refractivity contribution in [1.82, 2.24) is 5.32 Å². The maximum Gasteiger partial charge on any atom is 0.224 e. The second-order valence-electron chi connectivity index (χ2n) is 4.99. The van der Waals surface area contributed by atoms with E-state index in [9.17, 15) is 9.90 Å². The van der Waals surface area contributed by atoms with Crippen LogP contribution in [0.2, 0.25) is 0 Å². The number of nitrogens with one attached hydrogen (secondary N) is 1. The first kappa shape index (κ1) is 14.8. The molecule has 1 rings (SSSR count). The van der Waals surface area contributed by atoms with Crippen molar-refractivity contribution in [1.29, 1.82) is 0 Å². The van der Waals surface area contributed by atoms with E-state index < -0.39 is 5.41 Å². The summed E-state index contributed by atoms with van der Waals surface area (Å²) in [4.78, 5) is 11.7. The van der Waals surface area contributed by atoms with Gasteiger partial charge in [0, 0.05) is 12.0 Å². The summed E-state index contributed by atoms with van der Waals surface area (Å²) in [5.74, 6) is -0.00291. The molecule has 1 amide bonds. The van der Waals surface area contributed by atoms with Gasteiger partial charge in [-0.15, -0.1) is 0 Å². The summed E-state index contributed by atoms with van der Waals surface area (Å²) in [6, 6.07) is 6.52. The zero-order valence-electron chi connectivity index (χ0n) is 11.1. The number of carbonyl (C=O) groups is 1. The van der Waals surface area contributed by atoms with Gasteiger partial charge in [0.15, 0.2) is 0 Å². The summed E-state index contributed by atoms with van der Waals surface area (Å²) in [6.45, 7) is 3.79. The highest BCUT2D eigenvalue weighted by atomic mass is 16.4. The van der Waals surface area contributed by atoms with Gasteiger partial charge in [-0.05, 0) is 17.7 Å². The van der Waals surface area contributed by atoms with E-state index in [4.69, 9.17) is 10.9 Å². The van der Waals surface area contributed by atoms with Crippen LogP contribution < -0.4 is 11.1 Å². The minimum atomic E-state index is -0.622. The summed E-state index contributed by atoms with van der Waals surface area (Å²) in [5.41, 5.74) is 5.62. The van der Waals surface area contributed by atoms with Gasteiger partial charge < -0.3 is 21.4 Å². The Morgan fingerprint density at radius 1 is 1.47 bits per heavy atom. The first-order valence-corrected chi connectivity index (χ1v) is 5.88. The highest BCUT2D eigenvalue weighted by Crippen LogP contribution is 2.14. The Balaban J connectivity index is 2.53. The minimum Gasteiger partial charge on any atom is -0.508 e. The topological polar surface area (TPSA) is 108 Å². The maximum absolute atomic E-state index is 11.7. The molecule has 0 bridgehead atoms. The molecular formula is C13H19N3O3. The fraction of sp³-hybridized carbons (Fsp3) is 0.385. The Hall–Kier alpha value is -2.24. The van der Waals surface area contributed by atoms with Crippen LogP contribution in [-0.4, -0.2) is 28.6 Å². The van der Waals surface area contributed by atoms with E-state index >= 15 is 0 Å². The lowest BCUT2D eigenvalue weighted by Crippen LogP contribution is -2.43. The number of hydrogen-bond donors (Lipinski definition) is 4. The molecule has 0 aliphatic heterocycles. The van der Waals surface area contributed by atoms with Crippen molar-refractivity contribution in [3.05, 3.63) is 29.8 Å². The summed E-state index contributed by atoms with van der Waals surface area (Å²) in [6.07, 6.45) is 0.167. The molecule has 19 heavy (non-hydrogen) atoms. The smallest absolute Gasteiger partial charge is 0.224 e. The van der Waals surface area contributed by atoms with Crippen molar-refractivity contribution in [3.63, 3.8) is 0 Å². The van der Waals surface area contributed by atoms with E-state index in [1.165, 1.54) is 6.07 Å². The monoisotopic (exact) mass is 265 g/mol. The molecule has 0 unspecified atom stereocenters. The van der Waals surface area contributed by atoms with Gasteiger partial charge in [0.05, 0.1) is 6.42 Å². The van der Waals surface area contributed by atoms with Crippen LogP contribution >= 0.6 is 0 Å². The van der Waals surface area contributed by atoms with Gasteiger partial charge in [-0.25, -0.2) is 0 Å². The van der Waals surface area contributed by atoms with Gasteiger partial charge in [0.25, 0.3) is 0 Å². The number of hydrogen-bond acceptors (Lipinski definition) is 4. The van der Waals surface area contributed by atoms with E-state index in [1.54, 1.807) is 32.0 Å². The molecule has 0 spiro atoms. The first-order valence-electron chi connectivity index (χ1n) is 5.88. The Labute approximate surface area is 111 Å². The molecule has 0 heterocycles. The molecule has 0 aliphatic carbocycles. The fourth-order valence-electron chi connectivity index (χ4n) is 1.46. The normalized spacial score (nSPS) is 12.2. The molecule has 0 aromatic heterocycles. The number of nitrogens with zero attached hydrogens (tertiary/aromatic N) is 1. The molecule has 0 aliphatic rings. The van der Waals surface area contributed by atoms with Crippen molar-refractivity contribution >= 4 is 11.7 Å². The predicted molar refractivity (Wildman–Crippen MR) is 72.0 cm³/mol. The lowest BCUT2D eigenvalue weighted by molar-refractivity contribution is -0.120. The Bertz CT molecular complexity index is 484. The van der Waals surface area contributed by atoms with Crippen LogP contribution in [0, 0.1) is 5.41 Å². The van der Waals surface area contributed by atoms with Crippen LogP contribution in [0.3, 0.4) is 0 Å². The van der Waals surface area contributed by atoms with Crippen molar-refractivity contribution in [3.8, 4) is 5.75 Å². The fourth-order valence-corrected chi connectivity index (χ4v) is 1.46. The molecule has 0 saturated carbocycles. The molecule has 0 fully saturated rings. The summed E-state index contributed by atoms with van der Waals surface area (Å²) in [7, 11) is 0. The molecule has 104 valence electrons. The van der Waals surface area contributed by atoms with Gasteiger partial charge in [0.2, 0.25) is 5.91 Å². The van der Waals surface area contributed by atoms with Crippen LogP contribution in [0.4, 0.5) is 0 Å². The van der Waals surface area contributed by atoms with Gasteiger partial charge in [-0.2, -0.15) is 0 Å². The SMILES string of the molecule is CC(C)(CNC(=O)Cc1cccc(O)c1)/C(N)=N/O. The highest BCUT2D eigenvalue weighted by Gasteiger charge is 2.24. The number of phenolic OH excluding ortho intramolecular Hbond substituents is 1. The van der Waals surface area contributed by atoms with E-state index in [0.717, 1.165) is 5.56 Å². The van der Waals surface area contributed by atoms with Gasteiger partial charge >= 0.3 is 0 Å². The van der Waals surface area contributed by atoms with E-state index in [0.29, 0.717) is 0 Å². The number of nitrogens with two attached hydrogens (primary N) is 1. The van der Waals surface area contributed by atoms with E-state index in [1.807, 2.05) is 0 Å². The number of rotatable bonds is 5. The predicted octanol–water partition coefficient (Wildman–Crippen LogP) is 0.823. The molecular weight excluding hydrogens is 246 g/mol. The number of carbonyl (C=O) groups excluding carboxylic acids is 1. The van der Waals surface area contributed by atoms with Crippen LogP contribution in [0.5, 0.6) is 5.75 Å². The second kappa shape index (κ2) is 6.08. The number of aromatic hydroxyl groups is 1. The lowest BCUT2D eigenvalue weighted by Gasteiger charge is -2.23. The third-order valence-corrected chi connectivity index (χ3v) is 2.80. The maximum atomic E-state index is 11.7.